The lowest BCUT2D eigenvalue weighted by atomic mass is 10.3. The van der Waals surface area contributed by atoms with Gasteiger partial charge in [-0.1, -0.05) is 41.4 Å². The Morgan fingerprint density at radius 2 is 1.69 bits per heavy atom. The van der Waals surface area contributed by atoms with E-state index in [9.17, 15) is 4.79 Å². The van der Waals surface area contributed by atoms with Gasteiger partial charge in [0.05, 0.1) is 11.9 Å². The van der Waals surface area contributed by atoms with Crippen molar-refractivity contribution in [2.45, 2.75) is 0 Å². The third-order valence-corrected chi connectivity index (χ3v) is 3.73. The number of nitrogens with zero attached hydrogens (tertiary/aromatic N) is 1. The number of aromatic nitrogens is 1. The van der Waals surface area contributed by atoms with E-state index in [1.165, 1.54) is 0 Å². The van der Waals surface area contributed by atoms with E-state index in [1.807, 2.05) is 18.2 Å². The van der Waals surface area contributed by atoms with E-state index in [2.05, 4.69) is 15.6 Å². The average Bonchev–Trinajstić information content (AvgIpc) is 2.62. The normalized spacial score (nSPS) is 10.2. The van der Waals surface area contributed by atoms with Gasteiger partial charge in [0.2, 0.25) is 0 Å². The van der Waals surface area contributed by atoms with E-state index in [0.717, 1.165) is 11.4 Å². The van der Waals surface area contributed by atoms with Crippen LogP contribution >= 0.6 is 23.2 Å². The minimum Gasteiger partial charge on any atom is -0.484 e. The highest BCUT2D eigenvalue weighted by molar-refractivity contribution is 6.35. The van der Waals surface area contributed by atoms with Crippen LogP contribution in [0.2, 0.25) is 10.0 Å². The number of amides is 1. The van der Waals surface area contributed by atoms with Crippen LogP contribution in [-0.2, 0) is 4.79 Å². The van der Waals surface area contributed by atoms with Gasteiger partial charge in [-0.25, -0.2) is 4.98 Å². The van der Waals surface area contributed by atoms with Crippen molar-refractivity contribution in [3.63, 3.8) is 0 Å². The number of anilines is 3. The predicted molar refractivity (Wildman–Crippen MR) is 105 cm³/mol. The molecule has 26 heavy (non-hydrogen) atoms. The molecule has 0 aliphatic rings. The number of hydrogen-bond acceptors (Lipinski definition) is 4. The van der Waals surface area contributed by atoms with Gasteiger partial charge in [-0.3, -0.25) is 4.79 Å². The Morgan fingerprint density at radius 3 is 2.35 bits per heavy atom. The zero-order chi connectivity index (χ0) is 18.4. The summed E-state index contributed by atoms with van der Waals surface area (Å²) < 4.78 is 5.39. The molecule has 0 bridgehead atoms. The van der Waals surface area contributed by atoms with Crippen molar-refractivity contribution in [2.24, 2.45) is 0 Å². The molecular weight excluding hydrogens is 373 g/mol. The first-order chi connectivity index (χ1) is 12.6. The Balaban J connectivity index is 1.54. The maximum Gasteiger partial charge on any atom is 0.263 e. The SMILES string of the molecule is O=C(COc1ccccc1)Nc1ccc(Nc2cc(Cl)cc(Cl)c2)cn1. The minimum absolute atomic E-state index is 0.0906. The van der Waals surface area contributed by atoms with Gasteiger partial charge in [0.1, 0.15) is 11.6 Å². The summed E-state index contributed by atoms with van der Waals surface area (Å²) in [5.74, 6) is 0.778. The van der Waals surface area contributed by atoms with Crippen LogP contribution in [-0.4, -0.2) is 17.5 Å². The first kappa shape index (κ1) is 18.0. The Hall–Kier alpha value is -2.76. The van der Waals surface area contributed by atoms with Crippen molar-refractivity contribution >= 4 is 46.3 Å². The van der Waals surface area contributed by atoms with Gasteiger partial charge in [-0.2, -0.15) is 0 Å². The third-order valence-electron chi connectivity index (χ3n) is 3.30. The van der Waals surface area contributed by atoms with Crippen molar-refractivity contribution in [2.75, 3.05) is 17.2 Å². The molecule has 0 saturated carbocycles. The molecular formula is C19H15Cl2N3O2. The number of halogens is 2. The number of ether oxygens (including phenoxy) is 1. The largest absolute Gasteiger partial charge is 0.484 e. The van der Waals surface area contributed by atoms with E-state index in [-0.39, 0.29) is 12.5 Å². The van der Waals surface area contributed by atoms with E-state index in [0.29, 0.717) is 21.6 Å². The summed E-state index contributed by atoms with van der Waals surface area (Å²) in [6.07, 6.45) is 1.60. The summed E-state index contributed by atoms with van der Waals surface area (Å²) in [6.45, 7) is -0.0906. The quantitative estimate of drug-likeness (QED) is 0.613. The van der Waals surface area contributed by atoms with Crippen molar-refractivity contribution in [3.8, 4) is 5.75 Å². The van der Waals surface area contributed by atoms with Gasteiger partial charge in [0.15, 0.2) is 6.61 Å². The van der Waals surface area contributed by atoms with Gasteiger partial charge in [0.25, 0.3) is 5.91 Å². The Morgan fingerprint density at radius 1 is 0.962 bits per heavy atom. The molecule has 0 unspecified atom stereocenters. The second kappa shape index (κ2) is 8.56. The van der Waals surface area contributed by atoms with Gasteiger partial charge in [0, 0.05) is 15.7 Å². The van der Waals surface area contributed by atoms with Gasteiger partial charge < -0.3 is 15.4 Å². The molecule has 0 radical (unpaired) electrons. The molecule has 0 spiro atoms. The van der Waals surface area contributed by atoms with Crippen LogP contribution in [0.1, 0.15) is 0 Å². The van der Waals surface area contributed by atoms with Crippen molar-refractivity contribution in [1.29, 1.82) is 0 Å². The van der Waals surface area contributed by atoms with Crippen LogP contribution in [0.3, 0.4) is 0 Å². The van der Waals surface area contributed by atoms with Crippen LogP contribution in [0.25, 0.3) is 0 Å². The highest BCUT2D eigenvalue weighted by Crippen LogP contribution is 2.25. The highest BCUT2D eigenvalue weighted by atomic mass is 35.5. The minimum atomic E-state index is -0.288. The fraction of sp³-hybridized carbons (Fsp3) is 0.0526. The molecule has 1 heterocycles. The van der Waals surface area contributed by atoms with E-state index >= 15 is 0 Å². The van der Waals surface area contributed by atoms with Crippen LogP contribution in [0.5, 0.6) is 5.75 Å². The Labute approximate surface area is 160 Å². The molecule has 132 valence electrons. The molecule has 1 aromatic heterocycles. The van der Waals surface area contributed by atoms with Crippen molar-refractivity contribution in [1.82, 2.24) is 4.98 Å². The molecule has 0 aliphatic carbocycles. The maximum absolute atomic E-state index is 11.9. The summed E-state index contributed by atoms with van der Waals surface area (Å²) in [4.78, 5) is 16.1. The molecule has 3 rings (SSSR count). The van der Waals surface area contributed by atoms with E-state index in [4.69, 9.17) is 27.9 Å². The molecule has 0 saturated heterocycles. The van der Waals surface area contributed by atoms with Crippen LogP contribution < -0.4 is 15.4 Å². The topological polar surface area (TPSA) is 63.2 Å². The number of rotatable bonds is 6. The Kier molecular flexibility index (Phi) is 5.94. The molecule has 5 nitrogen and oxygen atoms in total. The summed E-state index contributed by atoms with van der Waals surface area (Å²) in [7, 11) is 0. The maximum atomic E-state index is 11.9. The zero-order valence-electron chi connectivity index (χ0n) is 13.6. The number of benzene rings is 2. The van der Waals surface area contributed by atoms with E-state index < -0.39 is 0 Å². The van der Waals surface area contributed by atoms with Gasteiger partial charge in [-0.05, 0) is 42.5 Å². The lowest BCUT2D eigenvalue weighted by molar-refractivity contribution is -0.118. The second-order valence-electron chi connectivity index (χ2n) is 5.37. The molecule has 2 N–H and O–H groups in total. The number of hydrogen-bond donors (Lipinski definition) is 2. The second-order valence-corrected chi connectivity index (χ2v) is 6.24. The van der Waals surface area contributed by atoms with Crippen LogP contribution in [0.15, 0.2) is 66.9 Å². The number of para-hydroxylation sites is 1. The molecule has 0 atom stereocenters. The average molecular weight is 388 g/mol. The van der Waals surface area contributed by atoms with Crippen LogP contribution in [0, 0.1) is 0 Å². The molecule has 0 aliphatic heterocycles. The lowest BCUT2D eigenvalue weighted by Gasteiger charge is -2.09. The molecule has 1 amide bonds. The summed E-state index contributed by atoms with van der Waals surface area (Å²) >= 11 is 11.9. The standard InChI is InChI=1S/C19H15Cl2N3O2/c20-13-8-14(21)10-16(9-13)23-15-6-7-18(22-11-15)24-19(25)12-26-17-4-2-1-3-5-17/h1-11,23H,12H2,(H,22,24,25). The number of carbonyl (C=O) groups excluding carboxylic acids is 1. The Bertz CT molecular complexity index is 867. The van der Waals surface area contributed by atoms with Gasteiger partial charge >= 0.3 is 0 Å². The highest BCUT2D eigenvalue weighted by Gasteiger charge is 2.05. The smallest absolute Gasteiger partial charge is 0.263 e. The fourth-order valence-electron chi connectivity index (χ4n) is 2.18. The molecule has 3 aromatic rings. The molecule has 2 aromatic carbocycles. The molecule has 0 fully saturated rings. The van der Waals surface area contributed by atoms with Crippen molar-refractivity contribution in [3.05, 3.63) is 76.9 Å². The number of pyridine rings is 1. The first-order valence-corrected chi connectivity index (χ1v) is 8.51. The number of carbonyl (C=O) groups is 1. The van der Waals surface area contributed by atoms with Crippen LogP contribution in [0.4, 0.5) is 17.2 Å². The summed E-state index contributed by atoms with van der Waals surface area (Å²) in [5.41, 5.74) is 1.49. The summed E-state index contributed by atoms with van der Waals surface area (Å²) in [5, 5.41) is 6.89. The number of nitrogens with one attached hydrogen (secondary N) is 2. The monoisotopic (exact) mass is 387 g/mol. The lowest BCUT2D eigenvalue weighted by Crippen LogP contribution is -2.20. The molecule has 7 heteroatoms. The first-order valence-electron chi connectivity index (χ1n) is 7.75. The van der Waals surface area contributed by atoms with Gasteiger partial charge in [-0.15, -0.1) is 0 Å². The zero-order valence-corrected chi connectivity index (χ0v) is 15.1. The van der Waals surface area contributed by atoms with Crippen molar-refractivity contribution < 1.29 is 9.53 Å². The summed E-state index contributed by atoms with van der Waals surface area (Å²) in [6, 6.07) is 17.8. The third kappa shape index (κ3) is 5.37. The predicted octanol–water partition coefficient (Wildman–Crippen LogP) is 5.15. The van der Waals surface area contributed by atoms with E-state index in [1.54, 1.807) is 48.7 Å². The fourth-order valence-corrected chi connectivity index (χ4v) is 2.70.